The van der Waals surface area contributed by atoms with E-state index in [0.717, 1.165) is 30.8 Å². The Morgan fingerprint density at radius 3 is 2.28 bits per heavy atom. The van der Waals surface area contributed by atoms with Gasteiger partial charge in [-0.2, -0.15) is 0 Å². The van der Waals surface area contributed by atoms with Crippen LogP contribution in [0.4, 0.5) is 5.69 Å². The second-order valence-corrected chi connectivity index (χ2v) is 6.71. The van der Waals surface area contributed by atoms with Crippen LogP contribution < -0.4 is 5.73 Å². The van der Waals surface area contributed by atoms with Crippen molar-refractivity contribution in [2.24, 2.45) is 4.36 Å². The molecule has 100 valence electrons. The van der Waals surface area contributed by atoms with Crippen LogP contribution in [0.3, 0.4) is 0 Å². The van der Waals surface area contributed by atoms with Crippen molar-refractivity contribution in [1.29, 1.82) is 0 Å². The molecule has 18 heavy (non-hydrogen) atoms. The lowest BCUT2D eigenvalue weighted by atomic mass is 10.3. The summed E-state index contributed by atoms with van der Waals surface area (Å²) in [5, 5.41) is 0. The highest BCUT2D eigenvalue weighted by Crippen LogP contribution is 2.29. The molecule has 1 fully saturated rings. The van der Waals surface area contributed by atoms with E-state index in [0.29, 0.717) is 5.69 Å². The lowest BCUT2D eigenvalue weighted by molar-refractivity contribution is 0.480. The van der Waals surface area contributed by atoms with E-state index in [2.05, 4.69) is 4.36 Å². The smallest absolute Gasteiger partial charge is 0.140 e. The van der Waals surface area contributed by atoms with Gasteiger partial charge in [-0.1, -0.05) is 13.8 Å². The van der Waals surface area contributed by atoms with Crippen molar-refractivity contribution in [1.82, 2.24) is 4.31 Å². The Bertz CT molecular complexity index is 510. The fourth-order valence-corrected chi connectivity index (χ4v) is 4.24. The van der Waals surface area contributed by atoms with Crippen LogP contribution >= 0.6 is 0 Å². The summed E-state index contributed by atoms with van der Waals surface area (Å²) < 4.78 is 19.7. The Labute approximate surface area is 109 Å². The topological polar surface area (TPSA) is 58.7 Å². The van der Waals surface area contributed by atoms with E-state index >= 15 is 0 Å². The number of hydrogen-bond donors (Lipinski definition) is 1. The number of benzene rings is 1. The summed E-state index contributed by atoms with van der Waals surface area (Å²) in [6.45, 7) is 5.50. The highest BCUT2D eigenvalue weighted by atomic mass is 32.2. The number of hydrogen-bond acceptors (Lipinski definition) is 3. The van der Waals surface area contributed by atoms with Crippen LogP contribution in [0.1, 0.15) is 26.7 Å². The fraction of sp³-hybridized carbons (Fsp3) is 0.538. The zero-order valence-electron chi connectivity index (χ0n) is 11.0. The lowest BCUT2D eigenvalue weighted by Crippen LogP contribution is -2.30. The molecule has 0 amide bonds. The van der Waals surface area contributed by atoms with E-state index in [1.54, 1.807) is 12.1 Å². The van der Waals surface area contributed by atoms with Crippen LogP contribution in [0.2, 0.25) is 0 Å². The molecule has 0 aromatic heterocycles. The molecular formula is C13H21N3OS. The zero-order chi connectivity index (χ0) is 13.2. The molecule has 1 aliphatic rings. The van der Waals surface area contributed by atoms with E-state index in [1.165, 1.54) is 0 Å². The predicted octanol–water partition coefficient (Wildman–Crippen LogP) is 2.51. The van der Waals surface area contributed by atoms with E-state index in [-0.39, 0.29) is 6.04 Å². The first-order valence-electron chi connectivity index (χ1n) is 6.47. The molecule has 1 aromatic carbocycles. The van der Waals surface area contributed by atoms with Crippen molar-refractivity contribution in [3.05, 3.63) is 24.3 Å². The SMILES string of the molecule is CCN(CC)S(=O)(=NC1CC1)c1ccc(N)cc1. The molecule has 0 heterocycles. The van der Waals surface area contributed by atoms with Crippen molar-refractivity contribution >= 4 is 15.6 Å². The molecule has 0 bridgehead atoms. The summed E-state index contributed by atoms with van der Waals surface area (Å²) in [4.78, 5) is 0.771. The van der Waals surface area contributed by atoms with Gasteiger partial charge in [-0.25, -0.2) is 12.9 Å². The number of nitrogens with zero attached hydrogens (tertiary/aromatic N) is 2. The van der Waals surface area contributed by atoms with Crippen LogP contribution in [0.25, 0.3) is 0 Å². The largest absolute Gasteiger partial charge is 0.399 e. The molecular weight excluding hydrogens is 246 g/mol. The van der Waals surface area contributed by atoms with Gasteiger partial charge in [0.05, 0.1) is 10.9 Å². The molecule has 2 rings (SSSR count). The number of nitrogen functional groups attached to an aromatic ring is 1. The molecule has 1 unspecified atom stereocenters. The second kappa shape index (κ2) is 5.28. The summed E-state index contributed by atoms with van der Waals surface area (Å²) in [5.74, 6) is 0. The summed E-state index contributed by atoms with van der Waals surface area (Å²) in [5.41, 5.74) is 6.37. The first-order valence-corrected chi connectivity index (χ1v) is 7.94. The quantitative estimate of drug-likeness (QED) is 0.833. The number of rotatable bonds is 5. The van der Waals surface area contributed by atoms with Crippen molar-refractivity contribution < 1.29 is 4.21 Å². The molecule has 0 spiro atoms. The zero-order valence-corrected chi connectivity index (χ0v) is 11.8. The van der Waals surface area contributed by atoms with Crippen LogP contribution in [0.5, 0.6) is 0 Å². The standard InChI is InChI=1S/C13H21N3OS/c1-3-16(4-2)18(17,15-12-7-8-12)13-9-5-11(14)6-10-13/h5-6,9-10,12H,3-4,7-8,14H2,1-2H3. The Morgan fingerprint density at radius 1 is 1.28 bits per heavy atom. The van der Waals surface area contributed by atoms with E-state index in [9.17, 15) is 4.21 Å². The minimum absolute atomic E-state index is 0.274. The number of nitrogens with two attached hydrogens (primary N) is 1. The maximum absolute atomic E-state index is 13.2. The third-order valence-corrected chi connectivity index (χ3v) is 5.77. The Kier molecular flexibility index (Phi) is 3.92. The van der Waals surface area contributed by atoms with Gasteiger partial charge < -0.3 is 5.73 Å². The second-order valence-electron chi connectivity index (χ2n) is 4.52. The first kappa shape index (κ1) is 13.4. The minimum atomic E-state index is -2.46. The molecule has 5 heteroatoms. The van der Waals surface area contributed by atoms with E-state index in [4.69, 9.17) is 5.73 Å². The fourth-order valence-electron chi connectivity index (χ4n) is 1.88. The van der Waals surface area contributed by atoms with Crippen LogP contribution in [0.15, 0.2) is 33.5 Å². The molecule has 0 aliphatic heterocycles. The van der Waals surface area contributed by atoms with Crippen LogP contribution in [-0.4, -0.2) is 27.6 Å². The summed E-state index contributed by atoms with van der Waals surface area (Å²) in [6, 6.07) is 7.53. The number of anilines is 1. The normalized spacial score (nSPS) is 18.6. The van der Waals surface area contributed by atoms with E-state index < -0.39 is 9.92 Å². The predicted molar refractivity (Wildman–Crippen MR) is 75.6 cm³/mol. The Morgan fingerprint density at radius 2 is 1.83 bits per heavy atom. The third kappa shape index (κ3) is 2.67. The van der Waals surface area contributed by atoms with Crippen molar-refractivity contribution in [3.63, 3.8) is 0 Å². The van der Waals surface area contributed by atoms with Crippen LogP contribution in [-0.2, 0) is 9.92 Å². The van der Waals surface area contributed by atoms with Gasteiger partial charge in [0.1, 0.15) is 9.92 Å². The third-order valence-electron chi connectivity index (χ3n) is 3.08. The van der Waals surface area contributed by atoms with Crippen molar-refractivity contribution in [2.45, 2.75) is 37.6 Å². The first-order chi connectivity index (χ1) is 8.60. The molecule has 1 aliphatic carbocycles. The Balaban J connectivity index is 2.48. The Hall–Kier alpha value is -1.07. The molecule has 1 atom stereocenters. The molecule has 2 N–H and O–H groups in total. The molecule has 0 radical (unpaired) electrons. The van der Waals surface area contributed by atoms with Gasteiger partial charge in [-0.05, 0) is 37.1 Å². The van der Waals surface area contributed by atoms with Gasteiger partial charge in [-0.3, -0.25) is 0 Å². The van der Waals surface area contributed by atoms with Gasteiger partial charge in [0, 0.05) is 18.8 Å². The van der Waals surface area contributed by atoms with E-state index in [1.807, 2.05) is 30.3 Å². The van der Waals surface area contributed by atoms with Gasteiger partial charge in [0.15, 0.2) is 0 Å². The molecule has 4 nitrogen and oxygen atoms in total. The van der Waals surface area contributed by atoms with Crippen LogP contribution in [0, 0.1) is 0 Å². The van der Waals surface area contributed by atoms with Gasteiger partial charge in [0.2, 0.25) is 0 Å². The highest BCUT2D eigenvalue weighted by molar-refractivity contribution is 7.91. The van der Waals surface area contributed by atoms with Crippen molar-refractivity contribution in [2.75, 3.05) is 18.8 Å². The molecule has 1 saturated carbocycles. The molecule has 1 aromatic rings. The van der Waals surface area contributed by atoms with Gasteiger partial charge in [-0.15, -0.1) is 0 Å². The average Bonchev–Trinajstić information content (AvgIpc) is 3.15. The maximum atomic E-state index is 13.2. The summed E-state index contributed by atoms with van der Waals surface area (Å²) >= 11 is 0. The highest BCUT2D eigenvalue weighted by Gasteiger charge is 2.27. The summed E-state index contributed by atoms with van der Waals surface area (Å²) in [7, 11) is -2.46. The maximum Gasteiger partial charge on any atom is 0.140 e. The monoisotopic (exact) mass is 267 g/mol. The van der Waals surface area contributed by atoms with Gasteiger partial charge in [0.25, 0.3) is 0 Å². The minimum Gasteiger partial charge on any atom is -0.399 e. The average molecular weight is 267 g/mol. The van der Waals surface area contributed by atoms with Gasteiger partial charge >= 0.3 is 0 Å². The molecule has 0 saturated heterocycles. The van der Waals surface area contributed by atoms with Crippen molar-refractivity contribution in [3.8, 4) is 0 Å². The summed E-state index contributed by atoms with van der Waals surface area (Å²) in [6.07, 6.45) is 2.13. The lowest BCUT2D eigenvalue weighted by Gasteiger charge is -2.23.